The molecule has 0 unspecified atom stereocenters. The molecule has 2 aliphatic rings. The van der Waals surface area contributed by atoms with Crippen LogP contribution in [0.5, 0.6) is 5.75 Å². The molecule has 0 saturated carbocycles. The van der Waals surface area contributed by atoms with Crippen LogP contribution in [0.15, 0.2) is 18.2 Å². The lowest BCUT2D eigenvalue weighted by Gasteiger charge is -2.27. The molecule has 1 aromatic rings. The Morgan fingerprint density at radius 2 is 2.18 bits per heavy atom. The standard InChI is InChI=1S/C14H19NO2/c1-14(2)6-10-4-3-5-11(13(10)17-14)7-15-12-8-16-9-12/h3-5,12,15H,6-9H2,1-2H3. The summed E-state index contributed by atoms with van der Waals surface area (Å²) in [4.78, 5) is 0. The van der Waals surface area contributed by atoms with Crippen molar-refractivity contribution in [2.75, 3.05) is 13.2 Å². The van der Waals surface area contributed by atoms with E-state index in [1.165, 1.54) is 11.1 Å². The van der Waals surface area contributed by atoms with E-state index in [0.29, 0.717) is 6.04 Å². The molecule has 1 fully saturated rings. The Hall–Kier alpha value is -1.06. The first kappa shape index (κ1) is 11.1. The van der Waals surface area contributed by atoms with Crippen LogP contribution in [0.1, 0.15) is 25.0 Å². The molecule has 3 rings (SSSR count). The van der Waals surface area contributed by atoms with Gasteiger partial charge < -0.3 is 14.8 Å². The van der Waals surface area contributed by atoms with Gasteiger partial charge in [-0.1, -0.05) is 18.2 Å². The molecule has 0 radical (unpaired) electrons. The predicted molar refractivity (Wildman–Crippen MR) is 66.3 cm³/mol. The predicted octanol–water partition coefficient (Wildman–Crippen LogP) is 1.89. The number of hydrogen-bond acceptors (Lipinski definition) is 3. The van der Waals surface area contributed by atoms with Gasteiger partial charge >= 0.3 is 0 Å². The third-order valence-electron chi connectivity index (χ3n) is 3.39. The number of nitrogens with one attached hydrogen (secondary N) is 1. The van der Waals surface area contributed by atoms with Gasteiger partial charge in [0.25, 0.3) is 0 Å². The van der Waals surface area contributed by atoms with Crippen LogP contribution < -0.4 is 10.1 Å². The van der Waals surface area contributed by atoms with Crippen molar-refractivity contribution in [2.24, 2.45) is 0 Å². The van der Waals surface area contributed by atoms with E-state index in [2.05, 4.69) is 37.4 Å². The molecule has 2 heterocycles. The largest absolute Gasteiger partial charge is 0.487 e. The van der Waals surface area contributed by atoms with Gasteiger partial charge in [0, 0.05) is 18.5 Å². The summed E-state index contributed by atoms with van der Waals surface area (Å²) in [5.74, 6) is 1.09. The summed E-state index contributed by atoms with van der Waals surface area (Å²) >= 11 is 0. The average Bonchev–Trinajstić information content (AvgIpc) is 2.50. The maximum atomic E-state index is 6.04. The first-order valence-electron chi connectivity index (χ1n) is 6.25. The monoisotopic (exact) mass is 233 g/mol. The highest BCUT2D eigenvalue weighted by molar-refractivity contribution is 5.45. The Bertz CT molecular complexity index is 424. The number of ether oxygens (including phenoxy) is 2. The van der Waals surface area contributed by atoms with E-state index < -0.39 is 0 Å². The lowest BCUT2D eigenvalue weighted by Crippen LogP contribution is -2.45. The molecule has 0 aromatic heterocycles. The highest BCUT2D eigenvalue weighted by atomic mass is 16.5. The van der Waals surface area contributed by atoms with Crippen molar-refractivity contribution in [1.82, 2.24) is 5.32 Å². The Morgan fingerprint density at radius 3 is 2.88 bits per heavy atom. The molecule has 92 valence electrons. The van der Waals surface area contributed by atoms with E-state index in [4.69, 9.17) is 9.47 Å². The van der Waals surface area contributed by atoms with Crippen LogP contribution in [0.3, 0.4) is 0 Å². The number of fused-ring (bicyclic) bond motifs is 1. The molecular weight excluding hydrogens is 214 g/mol. The summed E-state index contributed by atoms with van der Waals surface area (Å²) in [6.07, 6.45) is 1.00. The highest BCUT2D eigenvalue weighted by Gasteiger charge is 2.31. The van der Waals surface area contributed by atoms with Gasteiger partial charge in [-0.2, -0.15) is 0 Å². The first-order valence-corrected chi connectivity index (χ1v) is 6.25. The summed E-state index contributed by atoms with van der Waals surface area (Å²) < 4.78 is 11.2. The van der Waals surface area contributed by atoms with Gasteiger partial charge in [-0.15, -0.1) is 0 Å². The molecule has 0 aliphatic carbocycles. The summed E-state index contributed by atoms with van der Waals surface area (Å²) in [6, 6.07) is 6.95. The van der Waals surface area contributed by atoms with E-state index in [9.17, 15) is 0 Å². The second-order valence-corrected chi connectivity index (χ2v) is 5.56. The molecule has 0 bridgehead atoms. The smallest absolute Gasteiger partial charge is 0.127 e. The van der Waals surface area contributed by atoms with Crippen LogP contribution in [0, 0.1) is 0 Å². The SMILES string of the molecule is CC1(C)Cc2cccc(CNC3COC3)c2O1. The quantitative estimate of drug-likeness (QED) is 0.864. The van der Waals surface area contributed by atoms with E-state index in [-0.39, 0.29) is 5.60 Å². The fourth-order valence-electron chi connectivity index (χ4n) is 2.43. The van der Waals surface area contributed by atoms with Crippen molar-refractivity contribution < 1.29 is 9.47 Å². The van der Waals surface area contributed by atoms with Crippen LogP contribution >= 0.6 is 0 Å². The highest BCUT2D eigenvalue weighted by Crippen LogP contribution is 2.37. The topological polar surface area (TPSA) is 30.5 Å². The van der Waals surface area contributed by atoms with Crippen LogP contribution in [-0.4, -0.2) is 24.9 Å². The second-order valence-electron chi connectivity index (χ2n) is 5.56. The van der Waals surface area contributed by atoms with Gasteiger partial charge in [0.1, 0.15) is 11.4 Å². The van der Waals surface area contributed by atoms with Crippen molar-refractivity contribution in [1.29, 1.82) is 0 Å². The molecule has 0 spiro atoms. The number of benzene rings is 1. The zero-order valence-electron chi connectivity index (χ0n) is 10.5. The van der Waals surface area contributed by atoms with Crippen molar-refractivity contribution in [2.45, 2.75) is 38.5 Å². The maximum Gasteiger partial charge on any atom is 0.127 e. The third kappa shape index (κ3) is 2.17. The van der Waals surface area contributed by atoms with Gasteiger partial charge in [0.05, 0.1) is 19.3 Å². The lowest BCUT2D eigenvalue weighted by atomic mass is 10.0. The Labute approximate surface area is 102 Å². The van der Waals surface area contributed by atoms with Gasteiger partial charge in [0.15, 0.2) is 0 Å². The zero-order valence-corrected chi connectivity index (χ0v) is 10.5. The summed E-state index contributed by atoms with van der Waals surface area (Å²) in [6.45, 7) is 6.82. The summed E-state index contributed by atoms with van der Waals surface area (Å²) in [5, 5.41) is 3.49. The van der Waals surface area contributed by atoms with E-state index >= 15 is 0 Å². The van der Waals surface area contributed by atoms with E-state index in [1.54, 1.807) is 0 Å². The molecule has 3 heteroatoms. The van der Waals surface area contributed by atoms with Crippen molar-refractivity contribution >= 4 is 0 Å². The number of hydrogen-bond donors (Lipinski definition) is 1. The van der Waals surface area contributed by atoms with E-state index in [0.717, 1.165) is 31.9 Å². The average molecular weight is 233 g/mol. The molecule has 0 atom stereocenters. The lowest BCUT2D eigenvalue weighted by molar-refractivity contribution is -0.00592. The van der Waals surface area contributed by atoms with Crippen LogP contribution in [-0.2, 0) is 17.7 Å². The van der Waals surface area contributed by atoms with Crippen molar-refractivity contribution in [3.8, 4) is 5.75 Å². The minimum absolute atomic E-state index is 0.0575. The molecule has 1 aromatic carbocycles. The van der Waals surface area contributed by atoms with Gasteiger partial charge in [0.2, 0.25) is 0 Å². The number of para-hydroxylation sites is 1. The van der Waals surface area contributed by atoms with Crippen LogP contribution in [0.4, 0.5) is 0 Å². The fraction of sp³-hybridized carbons (Fsp3) is 0.571. The van der Waals surface area contributed by atoms with E-state index in [1.807, 2.05) is 0 Å². The third-order valence-corrected chi connectivity index (χ3v) is 3.39. The zero-order chi connectivity index (χ0) is 11.9. The minimum Gasteiger partial charge on any atom is -0.487 e. The summed E-state index contributed by atoms with van der Waals surface area (Å²) in [5.41, 5.74) is 2.54. The first-order chi connectivity index (χ1) is 8.14. The molecule has 1 saturated heterocycles. The van der Waals surface area contributed by atoms with Gasteiger partial charge in [-0.3, -0.25) is 0 Å². The van der Waals surface area contributed by atoms with Gasteiger partial charge in [-0.25, -0.2) is 0 Å². The fourth-order valence-corrected chi connectivity index (χ4v) is 2.43. The molecule has 2 aliphatic heterocycles. The maximum absolute atomic E-state index is 6.04. The summed E-state index contributed by atoms with van der Waals surface area (Å²) in [7, 11) is 0. The van der Waals surface area contributed by atoms with Crippen molar-refractivity contribution in [3.05, 3.63) is 29.3 Å². The second kappa shape index (κ2) is 4.00. The molecule has 17 heavy (non-hydrogen) atoms. The van der Waals surface area contributed by atoms with Crippen molar-refractivity contribution in [3.63, 3.8) is 0 Å². The minimum atomic E-state index is -0.0575. The number of rotatable bonds is 3. The van der Waals surface area contributed by atoms with Gasteiger partial charge in [-0.05, 0) is 19.4 Å². The van der Waals surface area contributed by atoms with Crippen LogP contribution in [0.2, 0.25) is 0 Å². The molecule has 0 amide bonds. The normalized spacial score (nSPS) is 21.8. The Kier molecular flexibility index (Phi) is 2.60. The molecular formula is C14H19NO2. The Balaban J connectivity index is 1.75. The molecule has 3 nitrogen and oxygen atoms in total. The Morgan fingerprint density at radius 1 is 1.35 bits per heavy atom. The van der Waals surface area contributed by atoms with Crippen LogP contribution in [0.25, 0.3) is 0 Å². The molecule has 1 N–H and O–H groups in total.